The average Bonchev–Trinajstić information content (AvgIpc) is 3.05. The van der Waals surface area contributed by atoms with Gasteiger partial charge in [0.2, 0.25) is 0 Å². The Kier molecular flexibility index (Phi) is 5.37. The van der Waals surface area contributed by atoms with Crippen LogP contribution < -0.4 is 0 Å². The summed E-state index contributed by atoms with van der Waals surface area (Å²) in [4.78, 5) is 12.5. The van der Waals surface area contributed by atoms with Crippen LogP contribution >= 0.6 is 11.6 Å². The van der Waals surface area contributed by atoms with Gasteiger partial charge in [-0.2, -0.15) is 0 Å². The molecular weight excluding hydrogens is 378 g/mol. The number of Topliss-reactive ketones (excluding diaryl/α,β-unsaturated/α-hetero) is 1. The lowest BCUT2D eigenvalue weighted by Crippen LogP contribution is -2.02. The lowest BCUT2D eigenvalue weighted by Gasteiger charge is -2.08. The fourth-order valence-corrected chi connectivity index (χ4v) is 4.06. The number of hydrogen-bond donors (Lipinski definition) is 0. The molecule has 0 bridgehead atoms. The summed E-state index contributed by atoms with van der Waals surface area (Å²) in [5.41, 5.74) is 6.97. The minimum Gasteiger partial charge on any atom is -0.346 e. The topological polar surface area (TPSA) is 22.0 Å². The van der Waals surface area contributed by atoms with Gasteiger partial charge < -0.3 is 4.57 Å². The Morgan fingerprint density at radius 1 is 0.862 bits per heavy atom. The molecule has 3 heteroatoms. The Balaban J connectivity index is 1.81. The summed E-state index contributed by atoms with van der Waals surface area (Å²) in [5, 5.41) is 0.717. The van der Waals surface area contributed by atoms with Crippen molar-refractivity contribution in [2.45, 2.75) is 20.4 Å². The standard InChI is InChI=1S/C26H22ClNO/c1-18-26(19(2)29)24(17-28(18)16-20-9-4-3-5-10-20)22-12-8-11-21(15-22)23-13-6-7-14-25(23)27/h3-15,17H,16H2,1-2H3. The summed E-state index contributed by atoms with van der Waals surface area (Å²) < 4.78 is 2.16. The van der Waals surface area contributed by atoms with Crippen LogP contribution in [-0.4, -0.2) is 10.4 Å². The van der Waals surface area contributed by atoms with Gasteiger partial charge in [-0.05, 0) is 42.7 Å². The van der Waals surface area contributed by atoms with Crippen LogP contribution in [0.3, 0.4) is 0 Å². The average molecular weight is 400 g/mol. The second-order valence-corrected chi connectivity index (χ2v) is 7.64. The van der Waals surface area contributed by atoms with Crippen molar-refractivity contribution < 1.29 is 4.79 Å². The lowest BCUT2D eigenvalue weighted by molar-refractivity contribution is 0.101. The molecule has 0 N–H and O–H groups in total. The Hall–Kier alpha value is -3.10. The highest BCUT2D eigenvalue weighted by Gasteiger charge is 2.18. The van der Waals surface area contributed by atoms with Gasteiger partial charge in [-0.1, -0.05) is 78.3 Å². The molecule has 0 unspecified atom stereocenters. The SMILES string of the molecule is CC(=O)c1c(-c2cccc(-c3ccccc3Cl)c2)cn(Cc2ccccc2)c1C. The molecule has 29 heavy (non-hydrogen) atoms. The van der Waals surface area contributed by atoms with Crippen LogP contribution in [0.4, 0.5) is 0 Å². The van der Waals surface area contributed by atoms with Gasteiger partial charge >= 0.3 is 0 Å². The molecule has 0 amide bonds. The van der Waals surface area contributed by atoms with Crippen LogP contribution in [-0.2, 0) is 6.54 Å². The predicted molar refractivity (Wildman–Crippen MR) is 121 cm³/mol. The smallest absolute Gasteiger partial charge is 0.162 e. The van der Waals surface area contributed by atoms with Crippen molar-refractivity contribution in [1.29, 1.82) is 0 Å². The van der Waals surface area contributed by atoms with Crippen molar-refractivity contribution in [3.05, 3.63) is 107 Å². The second kappa shape index (κ2) is 8.10. The molecule has 0 saturated carbocycles. The molecule has 0 radical (unpaired) electrons. The number of halogens is 1. The van der Waals surface area contributed by atoms with E-state index in [-0.39, 0.29) is 5.78 Å². The zero-order valence-corrected chi connectivity index (χ0v) is 17.3. The Morgan fingerprint density at radius 3 is 2.21 bits per heavy atom. The van der Waals surface area contributed by atoms with Crippen molar-refractivity contribution >= 4 is 17.4 Å². The predicted octanol–water partition coefficient (Wildman–Crippen LogP) is 7.03. The maximum absolute atomic E-state index is 12.5. The third-order valence-electron chi connectivity index (χ3n) is 5.25. The van der Waals surface area contributed by atoms with Crippen molar-refractivity contribution in [1.82, 2.24) is 4.57 Å². The van der Waals surface area contributed by atoms with Crippen molar-refractivity contribution in [2.75, 3.05) is 0 Å². The first-order valence-electron chi connectivity index (χ1n) is 9.64. The molecule has 4 rings (SSSR count). The van der Waals surface area contributed by atoms with E-state index in [1.807, 2.05) is 61.5 Å². The van der Waals surface area contributed by atoms with E-state index in [9.17, 15) is 4.79 Å². The van der Waals surface area contributed by atoms with Crippen LogP contribution in [0.25, 0.3) is 22.3 Å². The maximum Gasteiger partial charge on any atom is 0.162 e. The summed E-state index contributed by atoms with van der Waals surface area (Å²) in [7, 11) is 0. The number of rotatable bonds is 5. The zero-order valence-electron chi connectivity index (χ0n) is 16.5. The van der Waals surface area contributed by atoms with Crippen LogP contribution in [0, 0.1) is 6.92 Å². The van der Waals surface area contributed by atoms with Gasteiger partial charge in [0.15, 0.2) is 5.78 Å². The molecule has 144 valence electrons. The molecule has 1 heterocycles. The van der Waals surface area contributed by atoms with Gasteiger partial charge in [-0.25, -0.2) is 0 Å². The number of benzene rings is 3. The van der Waals surface area contributed by atoms with Gasteiger partial charge in [0, 0.05) is 40.1 Å². The number of carbonyl (C=O) groups excluding carboxylic acids is 1. The first kappa shape index (κ1) is 19.2. The van der Waals surface area contributed by atoms with Gasteiger partial charge in [0.1, 0.15) is 0 Å². The number of ketones is 1. The lowest BCUT2D eigenvalue weighted by atomic mass is 9.96. The van der Waals surface area contributed by atoms with Crippen LogP contribution in [0.5, 0.6) is 0 Å². The Bertz CT molecular complexity index is 1170. The minimum atomic E-state index is 0.0764. The minimum absolute atomic E-state index is 0.0764. The molecule has 0 aliphatic heterocycles. The highest BCUT2D eigenvalue weighted by atomic mass is 35.5. The fraction of sp³-hybridized carbons (Fsp3) is 0.115. The van der Waals surface area contributed by atoms with Crippen molar-refractivity contribution in [3.8, 4) is 22.3 Å². The second-order valence-electron chi connectivity index (χ2n) is 7.23. The van der Waals surface area contributed by atoms with Crippen LogP contribution in [0.15, 0.2) is 85.1 Å². The normalized spacial score (nSPS) is 10.9. The van der Waals surface area contributed by atoms with Crippen LogP contribution in [0.1, 0.15) is 28.5 Å². The number of carbonyl (C=O) groups is 1. The van der Waals surface area contributed by atoms with E-state index >= 15 is 0 Å². The molecule has 3 aromatic carbocycles. The van der Waals surface area contributed by atoms with Gasteiger partial charge in [0.05, 0.1) is 0 Å². The molecule has 4 aromatic rings. The zero-order chi connectivity index (χ0) is 20.4. The van der Waals surface area contributed by atoms with Crippen molar-refractivity contribution in [3.63, 3.8) is 0 Å². The van der Waals surface area contributed by atoms with Gasteiger partial charge in [0.25, 0.3) is 0 Å². The van der Waals surface area contributed by atoms with E-state index in [0.717, 1.165) is 40.1 Å². The van der Waals surface area contributed by atoms with E-state index in [1.165, 1.54) is 5.56 Å². The quantitative estimate of drug-likeness (QED) is 0.330. The van der Waals surface area contributed by atoms with Crippen molar-refractivity contribution in [2.24, 2.45) is 0 Å². The van der Waals surface area contributed by atoms with E-state index in [2.05, 4.69) is 35.0 Å². The Labute approximate surface area is 176 Å². The summed E-state index contributed by atoms with van der Waals surface area (Å²) in [6, 6.07) is 26.3. The summed E-state index contributed by atoms with van der Waals surface area (Å²) in [5.74, 6) is 0.0764. The highest BCUT2D eigenvalue weighted by molar-refractivity contribution is 6.33. The molecule has 0 aliphatic rings. The molecule has 0 atom stereocenters. The molecule has 0 fully saturated rings. The van der Waals surface area contributed by atoms with Gasteiger partial charge in [-0.15, -0.1) is 0 Å². The van der Waals surface area contributed by atoms with Gasteiger partial charge in [-0.3, -0.25) is 4.79 Å². The summed E-state index contributed by atoms with van der Waals surface area (Å²) in [6.07, 6.45) is 2.09. The molecule has 2 nitrogen and oxygen atoms in total. The fourth-order valence-electron chi connectivity index (χ4n) is 3.81. The molecule has 1 aromatic heterocycles. The third kappa shape index (κ3) is 3.90. The molecule has 0 aliphatic carbocycles. The monoisotopic (exact) mass is 399 g/mol. The van der Waals surface area contributed by atoms with E-state index in [4.69, 9.17) is 11.6 Å². The molecule has 0 saturated heterocycles. The maximum atomic E-state index is 12.5. The first-order valence-corrected chi connectivity index (χ1v) is 10.0. The third-order valence-corrected chi connectivity index (χ3v) is 5.58. The van der Waals surface area contributed by atoms with Crippen LogP contribution in [0.2, 0.25) is 5.02 Å². The number of aromatic nitrogens is 1. The number of hydrogen-bond acceptors (Lipinski definition) is 1. The molecule has 0 spiro atoms. The largest absolute Gasteiger partial charge is 0.346 e. The van der Waals surface area contributed by atoms with E-state index < -0.39 is 0 Å². The first-order chi connectivity index (χ1) is 14.0. The number of nitrogens with zero attached hydrogens (tertiary/aromatic N) is 1. The Morgan fingerprint density at radius 2 is 1.52 bits per heavy atom. The summed E-state index contributed by atoms with van der Waals surface area (Å²) in [6.45, 7) is 4.38. The highest BCUT2D eigenvalue weighted by Crippen LogP contribution is 2.34. The summed E-state index contributed by atoms with van der Waals surface area (Å²) >= 11 is 6.40. The van der Waals surface area contributed by atoms with E-state index in [0.29, 0.717) is 5.02 Å². The molecular formula is C26H22ClNO. The van der Waals surface area contributed by atoms with E-state index in [1.54, 1.807) is 6.92 Å².